The van der Waals surface area contributed by atoms with Crippen LogP contribution in [0, 0.1) is 11.8 Å². The topological polar surface area (TPSA) is 102 Å². The highest BCUT2D eigenvalue weighted by molar-refractivity contribution is 5.95. The summed E-state index contributed by atoms with van der Waals surface area (Å²) in [4.78, 5) is 12.7. The summed E-state index contributed by atoms with van der Waals surface area (Å²) < 4.78 is 1.74. The molecular formula is C25H24N6O. The van der Waals surface area contributed by atoms with Crippen molar-refractivity contribution in [2.24, 2.45) is 5.73 Å². The van der Waals surface area contributed by atoms with Crippen LogP contribution in [0.3, 0.4) is 0 Å². The first-order valence-corrected chi connectivity index (χ1v) is 10.4. The van der Waals surface area contributed by atoms with E-state index in [-0.39, 0.29) is 5.91 Å². The smallest absolute Gasteiger partial charge is 0.251 e. The fourth-order valence-corrected chi connectivity index (χ4v) is 3.26. The molecule has 0 saturated heterocycles. The van der Waals surface area contributed by atoms with Gasteiger partial charge in [-0.1, -0.05) is 24.0 Å². The van der Waals surface area contributed by atoms with Crippen molar-refractivity contribution in [3.05, 3.63) is 101 Å². The third kappa shape index (κ3) is 5.31. The van der Waals surface area contributed by atoms with Gasteiger partial charge in [0.25, 0.3) is 5.91 Å². The predicted octanol–water partition coefficient (Wildman–Crippen LogP) is 2.82. The van der Waals surface area contributed by atoms with Crippen LogP contribution in [0.15, 0.2) is 73.3 Å². The molecule has 4 aromatic rings. The number of nitrogens with zero attached hydrogens (tertiary/aromatic N) is 3. The third-order valence-corrected chi connectivity index (χ3v) is 5.02. The Balaban J connectivity index is 1.51. The lowest BCUT2D eigenvalue weighted by atomic mass is 10.1. The number of nitrogens with two attached hydrogens (primary N) is 1. The van der Waals surface area contributed by atoms with E-state index in [0.29, 0.717) is 18.7 Å². The predicted molar refractivity (Wildman–Crippen MR) is 123 cm³/mol. The average Bonchev–Trinajstić information content (AvgIpc) is 3.55. The van der Waals surface area contributed by atoms with E-state index < -0.39 is 0 Å². The number of aromatic amines is 1. The van der Waals surface area contributed by atoms with Gasteiger partial charge in [0.2, 0.25) is 0 Å². The van der Waals surface area contributed by atoms with Crippen molar-refractivity contribution in [1.29, 1.82) is 0 Å². The summed E-state index contributed by atoms with van der Waals surface area (Å²) in [7, 11) is 0. The first kappa shape index (κ1) is 21.1. The quantitative estimate of drug-likeness (QED) is 0.314. The van der Waals surface area contributed by atoms with Crippen LogP contribution >= 0.6 is 0 Å². The number of nitrogens with one attached hydrogen (secondary N) is 2. The molecule has 0 unspecified atom stereocenters. The molecule has 0 aliphatic heterocycles. The lowest BCUT2D eigenvalue weighted by molar-refractivity contribution is 0.0953. The van der Waals surface area contributed by atoms with E-state index in [1.54, 1.807) is 23.1 Å². The van der Waals surface area contributed by atoms with E-state index in [2.05, 4.69) is 32.5 Å². The molecule has 0 fully saturated rings. The second-order valence-electron chi connectivity index (χ2n) is 7.30. The molecule has 7 heteroatoms. The van der Waals surface area contributed by atoms with Crippen LogP contribution in [0.5, 0.6) is 0 Å². The second-order valence-corrected chi connectivity index (χ2v) is 7.30. The maximum Gasteiger partial charge on any atom is 0.251 e. The Morgan fingerprint density at radius 2 is 2.00 bits per heavy atom. The lowest BCUT2D eigenvalue weighted by Crippen LogP contribution is -2.25. The van der Waals surface area contributed by atoms with Gasteiger partial charge in [0.05, 0.1) is 17.4 Å². The Labute approximate surface area is 186 Å². The molecule has 4 N–H and O–H groups in total. The summed E-state index contributed by atoms with van der Waals surface area (Å²) in [6.07, 6.45) is 8.92. The van der Waals surface area contributed by atoms with Crippen LogP contribution in [-0.4, -0.2) is 32.4 Å². The Bertz CT molecular complexity index is 1220. The molecule has 1 amide bonds. The standard InChI is InChI=1S/C25H24N6O/c26-16-20-6-4-19(5-7-20)8-9-22-15-23(10-11-24(22)31-14-2-13-30-31)25(32)27-12-1-3-21-17-28-29-18-21/h2,4-7,10-11,13-15,17-18H,1,3,12,16,26H2,(H,27,32)(H,28,29). The highest BCUT2D eigenvalue weighted by Gasteiger charge is 2.10. The number of rotatable bonds is 7. The summed E-state index contributed by atoms with van der Waals surface area (Å²) >= 11 is 0. The molecule has 0 radical (unpaired) electrons. The molecule has 2 aromatic carbocycles. The zero-order chi connectivity index (χ0) is 22.2. The van der Waals surface area contributed by atoms with Crippen LogP contribution in [-0.2, 0) is 13.0 Å². The number of amides is 1. The average molecular weight is 425 g/mol. The van der Waals surface area contributed by atoms with Crippen molar-refractivity contribution in [1.82, 2.24) is 25.3 Å². The van der Waals surface area contributed by atoms with Crippen molar-refractivity contribution in [3.63, 3.8) is 0 Å². The molecular weight excluding hydrogens is 400 g/mol. The molecule has 2 aromatic heterocycles. The monoisotopic (exact) mass is 424 g/mol. The number of hydrogen-bond acceptors (Lipinski definition) is 4. The maximum atomic E-state index is 12.7. The van der Waals surface area contributed by atoms with Crippen molar-refractivity contribution >= 4 is 5.91 Å². The van der Waals surface area contributed by atoms with Gasteiger partial charge < -0.3 is 11.1 Å². The van der Waals surface area contributed by atoms with E-state index in [1.807, 2.05) is 54.9 Å². The summed E-state index contributed by atoms with van der Waals surface area (Å²) in [6.45, 7) is 1.08. The first-order valence-electron chi connectivity index (χ1n) is 10.4. The van der Waals surface area contributed by atoms with Crippen LogP contribution in [0.2, 0.25) is 0 Å². The Morgan fingerprint density at radius 3 is 2.72 bits per heavy atom. The summed E-state index contributed by atoms with van der Waals surface area (Å²) in [6, 6.07) is 15.1. The minimum Gasteiger partial charge on any atom is -0.352 e. The number of carbonyl (C=O) groups excluding carboxylic acids is 1. The molecule has 0 bridgehead atoms. The largest absolute Gasteiger partial charge is 0.352 e. The van der Waals surface area contributed by atoms with Crippen molar-refractivity contribution in [2.45, 2.75) is 19.4 Å². The van der Waals surface area contributed by atoms with Gasteiger partial charge in [0.15, 0.2) is 0 Å². The fourth-order valence-electron chi connectivity index (χ4n) is 3.26. The molecule has 0 saturated carbocycles. The molecule has 0 aliphatic rings. The van der Waals surface area contributed by atoms with Crippen molar-refractivity contribution in [3.8, 4) is 17.5 Å². The van der Waals surface area contributed by atoms with Gasteiger partial charge in [-0.3, -0.25) is 9.89 Å². The van der Waals surface area contributed by atoms with Gasteiger partial charge in [0.1, 0.15) is 0 Å². The second kappa shape index (κ2) is 10.2. The van der Waals surface area contributed by atoms with Crippen molar-refractivity contribution in [2.75, 3.05) is 6.54 Å². The molecule has 0 spiro atoms. The molecule has 0 aliphatic carbocycles. The van der Waals surface area contributed by atoms with Crippen molar-refractivity contribution < 1.29 is 4.79 Å². The van der Waals surface area contributed by atoms with Gasteiger partial charge in [-0.25, -0.2) is 4.68 Å². The summed E-state index contributed by atoms with van der Waals surface area (Å²) in [5.74, 6) is 6.25. The number of aryl methyl sites for hydroxylation is 1. The minimum atomic E-state index is -0.125. The van der Waals surface area contributed by atoms with Gasteiger partial charge >= 0.3 is 0 Å². The first-order chi connectivity index (χ1) is 15.7. The molecule has 160 valence electrons. The lowest BCUT2D eigenvalue weighted by Gasteiger charge is -2.09. The van der Waals surface area contributed by atoms with Crippen LogP contribution in [0.4, 0.5) is 0 Å². The van der Waals surface area contributed by atoms with Crippen LogP contribution < -0.4 is 11.1 Å². The molecule has 2 heterocycles. The zero-order valence-electron chi connectivity index (χ0n) is 17.6. The van der Waals surface area contributed by atoms with Gasteiger partial charge in [-0.2, -0.15) is 10.2 Å². The Kier molecular flexibility index (Phi) is 6.75. The van der Waals surface area contributed by atoms with Crippen LogP contribution in [0.25, 0.3) is 5.69 Å². The van der Waals surface area contributed by atoms with E-state index in [1.165, 1.54) is 0 Å². The molecule has 0 atom stereocenters. The summed E-state index contributed by atoms with van der Waals surface area (Å²) in [5.41, 5.74) is 10.8. The Hall–Kier alpha value is -4.15. The number of hydrogen-bond donors (Lipinski definition) is 3. The summed E-state index contributed by atoms with van der Waals surface area (Å²) in [5, 5.41) is 14.0. The highest BCUT2D eigenvalue weighted by atomic mass is 16.1. The van der Waals surface area contributed by atoms with E-state index in [9.17, 15) is 4.79 Å². The Morgan fingerprint density at radius 1 is 1.12 bits per heavy atom. The molecule has 32 heavy (non-hydrogen) atoms. The van der Waals surface area contributed by atoms with Gasteiger partial charge in [0, 0.05) is 42.8 Å². The van der Waals surface area contributed by atoms with E-state index in [0.717, 1.165) is 40.8 Å². The SMILES string of the molecule is NCc1ccc(C#Cc2cc(C(=O)NCCCc3cn[nH]c3)ccc2-n2cccn2)cc1. The molecule has 4 rings (SSSR count). The van der Waals surface area contributed by atoms with Gasteiger partial charge in [-0.05, 0) is 60.4 Å². The number of benzene rings is 2. The number of H-pyrrole nitrogens is 1. The normalized spacial score (nSPS) is 10.4. The van der Waals surface area contributed by atoms with E-state index >= 15 is 0 Å². The number of carbonyl (C=O) groups is 1. The highest BCUT2D eigenvalue weighted by Crippen LogP contribution is 2.16. The third-order valence-electron chi connectivity index (χ3n) is 5.02. The maximum absolute atomic E-state index is 12.7. The minimum absolute atomic E-state index is 0.125. The zero-order valence-corrected chi connectivity index (χ0v) is 17.6. The van der Waals surface area contributed by atoms with Crippen LogP contribution in [0.1, 0.15) is 39.0 Å². The van der Waals surface area contributed by atoms with Gasteiger partial charge in [-0.15, -0.1) is 0 Å². The fraction of sp³-hybridized carbons (Fsp3) is 0.160. The molecule has 7 nitrogen and oxygen atoms in total. The number of aromatic nitrogens is 4. The van der Waals surface area contributed by atoms with E-state index in [4.69, 9.17) is 5.73 Å².